The van der Waals surface area contributed by atoms with E-state index >= 15 is 0 Å². The van der Waals surface area contributed by atoms with Crippen molar-refractivity contribution in [1.29, 1.82) is 0 Å². The number of methoxy groups -OCH3 is 2. The number of nitrogens with zero attached hydrogens (tertiary/aromatic N) is 3. The molecule has 2 aromatic heterocycles. The van der Waals surface area contributed by atoms with E-state index in [4.69, 9.17) is 25.8 Å². The molecule has 30 heavy (non-hydrogen) atoms. The maximum atomic E-state index is 12.7. The van der Waals surface area contributed by atoms with Crippen molar-refractivity contribution in [2.45, 2.75) is 19.1 Å². The number of fused-ring (bicyclic) bond motifs is 1. The molecule has 1 unspecified atom stereocenters. The fraction of sp³-hybridized carbons (Fsp3) is 0.316. The second kappa shape index (κ2) is 8.78. The van der Waals surface area contributed by atoms with Gasteiger partial charge in [0.1, 0.15) is 23.8 Å². The summed E-state index contributed by atoms with van der Waals surface area (Å²) in [5.41, 5.74) is -0.298. The fourth-order valence-corrected chi connectivity index (χ4v) is 2.88. The Hall–Kier alpha value is -3.01. The van der Waals surface area contributed by atoms with Crippen LogP contribution in [0.3, 0.4) is 0 Å². The van der Waals surface area contributed by atoms with Crippen molar-refractivity contribution >= 4 is 28.3 Å². The standard InChI is InChI=1S/C19H18ClF3N4O3/c1-10(8-30-18-13(20)4-11(7-24-18)19(21,22)23)27-17-12-5-15(28-2)16(29-3)6-14(12)25-9-26-17/h4-7,9-10H,8H2,1-3H3,(H,25,26,27). The van der Waals surface area contributed by atoms with Crippen LogP contribution < -0.4 is 19.5 Å². The van der Waals surface area contributed by atoms with E-state index < -0.39 is 11.7 Å². The summed E-state index contributed by atoms with van der Waals surface area (Å²) in [6, 6.07) is 3.97. The number of alkyl halides is 3. The lowest BCUT2D eigenvalue weighted by Gasteiger charge is -2.17. The zero-order chi connectivity index (χ0) is 21.9. The van der Waals surface area contributed by atoms with Crippen molar-refractivity contribution < 1.29 is 27.4 Å². The normalized spacial score (nSPS) is 12.5. The van der Waals surface area contributed by atoms with Gasteiger partial charge < -0.3 is 19.5 Å². The number of nitrogens with one attached hydrogen (secondary N) is 1. The molecule has 0 aliphatic heterocycles. The lowest BCUT2D eigenvalue weighted by Crippen LogP contribution is -2.24. The van der Waals surface area contributed by atoms with Gasteiger partial charge in [0.2, 0.25) is 5.88 Å². The molecule has 160 valence electrons. The molecule has 0 bridgehead atoms. The molecule has 2 heterocycles. The maximum Gasteiger partial charge on any atom is 0.417 e. The zero-order valence-corrected chi connectivity index (χ0v) is 17.0. The summed E-state index contributed by atoms with van der Waals surface area (Å²) in [5, 5.41) is 3.66. The molecule has 0 radical (unpaired) electrons. The van der Waals surface area contributed by atoms with Crippen LogP contribution >= 0.6 is 11.6 Å². The van der Waals surface area contributed by atoms with E-state index in [9.17, 15) is 13.2 Å². The number of ether oxygens (including phenoxy) is 3. The van der Waals surface area contributed by atoms with E-state index in [1.54, 1.807) is 12.1 Å². The molecule has 3 rings (SSSR count). The molecule has 3 aromatic rings. The van der Waals surface area contributed by atoms with Crippen LogP contribution in [0.25, 0.3) is 10.9 Å². The molecule has 0 spiro atoms. The third kappa shape index (κ3) is 4.76. The average molecular weight is 443 g/mol. The van der Waals surface area contributed by atoms with Crippen LogP contribution in [0, 0.1) is 0 Å². The molecule has 7 nitrogen and oxygen atoms in total. The summed E-state index contributed by atoms with van der Waals surface area (Å²) in [7, 11) is 3.06. The number of anilines is 1. The van der Waals surface area contributed by atoms with Gasteiger partial charge in [0, 0.05) is 17.6 Å². The van der Waals surface area contributed by atoms with Crippen LogP contribution in [0.5, 0.6) is 17.4 Å². The Balaban J connectivity index is 1.74. The minimum Gasteiger partial charge on any atom is -0.493 e. The van der Waals surface area contributed by atoms with Crippen molar-refractivity contribution in [1.82, 2.24) is 15.0 Å². The molecule has 1 aromatic carbocycles. The summed E-state index contributed by atoms with van der Waals surface area (Å²) >= 11 is 5.86. The minimum atomic E-state index is -4.53. The number of pyridine rings is 1. The van der Waals surface area contributed by atoms with Gasteiger partial charge in [-0.3, -0.25) is 0 Å². The summed E-state index contributed by atoms with van der Waals surface area (Å²) in [6.07, 6.45) is -2.45. The smallest absolute Gasteiger partial charge is 0.417 e. The largest absolute Gasteiger partial charge is 0.493 e. The lowest BCUT2D eigenvalue weighted by molar-refractivity contribution is -0.137. The second-order valence-corrected chi connectivity index (χ2v) is 6.72. The van der Waals surface area contributed by atoms with Gasteiger partial charge in [-0.05, 0) is 19.1 Å². The first-order chi connectivity index (χ1) is 14.2. The van der Waals surface area contributed by atoms with Crippen LogP contribution in [0.4, 0.5) is 19.0 Å². The van der Waals surface area contributed by atoms with Crippen molar-refractivity contribution in [3.05, 3.63) is 41.3 Å². The van der Waals surface area contributed by atoms with Crippen LogP contribution in [0.15, 0.2) is 30.7 Å². The monoisotopic (exact) mass is 442 g/mol. The number of halogens is 4. The summed E-state index contributed by atoms with van der Waals surface area (Å²) < 4.78 is 54.2. The van der Waals surface area contributed by atoms with Gasteiger partial charge in [-0.2, -0.15) is 13.2 Å². The van der Waals surface area contributed by atoms with Gasteiger partial charge in [-0.1, -0.05) is 11.6 Å². The van der Waals surface area contributed by atoms with E-state index in [0.717, 1.165) is 6.07 Å². The van der Waals surface area contributed by atoms with Gasteiger partial charge in [-0.25, -0.2) is 15.0 Å². The molecule has 1 atom stereocenters. The Bertz CT molecular complexity index is 1050. The van der Waals surface area contributed by atoms with E-state index in [2.05, 4.69) is 20.3 Å². The highest BCUT2D eigenvalue weighted by atomic mass is 35.5. The lowest BCUT2D eigenvalue weighted by atomic mass is 10.2. The summed E-state index contributed by atoms with van der Waals surface area (Å²) in [4.78, 5) is 12.1. The first-order valence-electron chi connectivity index (χ1n) is 8.71. The highest BCUT2D eigenvalue weighted by Crippen LogP contribution is 2.34. The van der Waals surface area contributed by atoms with Gasteiger partial charge in [0.05, 0.1) is 31.3 Å². The highest BCUT2D eigenvalue weighted by Gasteiger charge is 2.31. The molecule has 0 fully saturated rings. The number of benzene rings is 1. The van der Waals surface area contributed by atoms with Crippen molar-refractivity contribution in [3.63, 3.8) is 0 Å². The highest BCUT2D eigenvalue weighted by molar-refractivity contribution is 6.31. The van der Waals surface area contributed by atoms with Crippen LogP contribution in [0.2, 0.25) is 5.02 Å². The number of aromatic nitrogens is 3. The van der Waals surface area contributed by atoms with Crippen LogP contribution in [0.1, 0.15) is 12.5 Å². The first kappa shape index (κ1) is 21.7. The summed E-state index contributed by atoms with van der Waals surface area (Å²) in [5.74, 6) is 1.50. The van der Waals surface area contributed by atoms with Gasteiger partial charge in [-0.15, -0.1) is 0 Å². The molecule has 0 aliphatic rings. The van der Waals surface area contributed by atoms with Crippen LogP contribution in [-0.4, -0.2) is 41.8 Å². The molecule has 1 N–H and O–H groups in total. The van der Waals surface area contributed by atoms with Gasteiger partial charge in [0.25, 0.3) is 0 Å². The number of hydrogen-bond donors (Lipinski definition) is 1. The molecule has 0 saturated heterocycles. The maximum absolute atomic E-state index is 12.7. The first-order valence-corrected chi connectivity index (χ1v) is 9.09. The predicted molar refractivity (Wildman–Crippen MR) is 105 cm³/mol. The molecular formula is C19H18ClF3N4O3. The van der Waals surface area contributed by atoms with E-state index in [-0.39, 0.29) is 23.6 Å². The Labute approximate surface area is 175 Å². The van der Waals surface area contributed by atoms with E-state index in [1.165, 1.54) is 20.5 Å². The van der Waals surface area contributed by atoms with Gasteiger partial charge in [0.15, 0.2) is 11.5 Å². The van der Waals surface area contributed by atoms with Crippen molar-refractivity contribution in [2.75, 3.05) is 26.1 Å². The van der Waals surface area contributed by atoms with E-state index in [1.807, 2.05) is 6.92 Å². The topological polar surface area (TPSA) is 78.4 Å². The SMILES string of the molecule is COc1cc2ncnc(NC(C)COc3ncc(C(F)(F)F)cc3Cl)c2cc1OC. The Morgan fingerprint density at radius 1 is 1.07 bits per heavy atom. The zero-order valence-electron chi connectivity index (χ0n) is 16.2. The molecule has 0 aliphatic carbocycles. The Morgan fingerprint density at radius 2 is 1.77 bits per heavy atom. The fourth-order valence-electron chi connectivity index (χ4n) is 2.66. The second-order valence-electron chi connectivity index (χ2n) is 6.31. The van der Waals surface area contributed by atoms with Crippen molar-refractivity contribution in [3.8, 4) is 17.4 Å². The predicted octanol–water partition coefficient (Wildman–Crippen LogP) is 4.59. The quantitative estimate of drug-likeness (QED) is 0.573. The third-order valence-corrected chi connectivity index (χ3v) is 4.40. The van der Waals surface area contributed by atoms with Crippen molar-refractivity contribution in [2.24, 2.45) is 0 Å². The minimum absolute atomic E-state index is 0.0802. The molecule has 0 saturated carbocycles. The van der Waals surface area contributed by atoms with E-state index in [0.29, 0.717) is 34.4 Å². The molecule has 11 heteroatoms. The number of rotatable bonds is 7. The Kier molecular flexibility index (Phi) is 6.35. The van der Waals surface area contributed by atoms with Crippen LogP contribution in [-0.2, 0) is 6.18 Å². The molecule has 0 amide bonds. The van der Waals surface area contributed by atoms with Gasteiger partial charge >= 0.3 is 6.18 Å². The molecular weight excluding hydrogens is 425 g/mol. The Morgan fingerprint density at radius 3 is 2.40 bits per heavy atom. The number of hydrogen-bond acceptors (Lipinski definition) is 7. The third-order valence-electron chi connectivity index (χ3n) is 4.13. The summed E-state index contributed by atoms with van der Waals surface area (Å²) in [6.45, 7) is 1.89. The average Bonchev–Trinajstić information content (AvgIpc) is 2.71.